The van der Waals surface area contributed by atoms with Crippen LogP contribution in [0.25, 0.3) is 0 Å². The van der Waals surface area contributed by atoms with Gasteiger partial charge in [-0.05, 0) is 37.1 Å². The molecule has 112 valence electrons. The molecule has 0 radical (unpaired) electrons. The number of amides is 2. The number of carboxylic acid groups (broad SMARTS) is 1. The molecule has 0 bridgehead atoms. The summed E-state index contributed by atoms with van der Waals surface area (Å²) in [6.45, 7) is 4.38. The van der Waals surface area contributed by atoms with E-state index in [1.165, 1.54) is 6.26 Å². The smallest absolute Gasteiger partial charge is 0.321 e. The maximum absolute atomic E-state index is 12.1. The number of carboxylic acids is 1. The maximum atomic E-state index is 12.1. The molecule has 1 saturated heterocycles. The van der Waals surface area contributed by atoms with E-state index >= 15 is 0 Å². The summed E-state index contributed by atoms with van der Waals surface area (Å²) in [4.78, 5) is 24.6. The predicted octanol–water partition coefficient (Wildman–Crippen LogP) is 2.54. The average molecular weight is 290 g/mol. The van der Waals surface area contributed by atoms with Crippen LogP contribution in [0.5, 0.6) is 5.75 Å². The molecule has 1 fully saturated rings. The number of hydrogen-bond acceptors (Lipinski definition) is 3. The average Bonchev–Trinajstić information content (AvgIpc) is 2.49. The van der Waals surface area contributed by atoms with Gasteiger partial charge in [0, 0.05) is 18.8 Å². The van der Waals surface area contributed by atoms with Crippen molar-refractivity contribution in [1.82, 2.24) is 4.90 Å². The van der Waals surface area contributed by atoms with Crippen molar-refractivity contribution in [1.29, 1.82) is 0 Å². The van der Waals surface area contributed by atoms with Crippen molar-refractivity contribution in [3.8, 4) is 5.75 Å². The number of ether oxygens (including phenoxy) is 1. The molecular weight excluding hydrogens is 272 g/mol. The minimum Gasteiger partial charge on any atom is -0.481 e. The fourth-order valence-electron chi connectivity index (χ4n) is 2.25. The van der Waals surface area contributed by atoms with E-state index in [-0.39, 0.29) is 11.9 Å². The first-order valence-corrected chi connectivity index (χ1v) is 6.76. The van der Waals surface area contributed by atoms with E-state index in [0.717, 1.165) is 0 Å². The first-order chi connectivity index (χ1) is 10.1. The molecule has 2 amide bonds. The van der Waals surface area contributed by atoms with E-state index in [1.807, 2.05) is 0 Å². The first-order valence-electron chi connectivity index (χ1n) is 6.76. The largest absolute Gasteiger partial charge is 0.481 e. The molecule has 0 saturated carbocycles. The second kappa shape index (κ2) is 6.78. The van der Waals surface area contributed by atoms with Gasteiger partial charge < -0.3 is 20.1 Å². The third-order valence-electron chi connectivity index (χ3n) is 3.46. The zero-order chi connectivity index (χ0) is 15.2. The van der Waals surface area contributed by atoms with Gasteiger partial charge in [-0.2, -0.15) is 0 Å². The van der Waals surface area contributed by atoms with Crippen LogP contribution in [0, 0.1) is 5.92 Å². The van der Waals surface area contributed by atoms with Gasteiger partial charge in [0.25, 0.3) is 0 Å². The number of carbonyl (C=O) groups is 2. The van der Waals surface area contributed by atoms with Crippen molar-refractivity contribution in [3.05, 3.63) is 37.1 Å². The van der Waals surface area contributed by atoms with Crippen LogP contribution in [-0.4, -0.2) is 35.1 Å². The number of rotatable bonds is 4. The van der Waals surface area contributed by atoms with E-state index in [0.29, 0.717) is 37.4 Å². The number of nitrogens with one attached hydrogen (secondary N) is 1. The number of hydrogen-bond donors (Lipinski definition) is 2. The van der Waals surface area contributed by atoms with Crippen LogP contribution in [-0.2, 0) is 4.79 Å². The van der Waals surface area contributed by atoms with Crippen LogP contribution in [0.4, 0.5) is 10.5 Å². The van der Waals surface area contributed by atoms with Gasteiger partial charge in [0.2, 0.25) is 0 Å². The number of nitrogens with zero attached hydrogens (tertiary/aromatic N) is 1. The number of benzene rings is 1. The van der Waals surface area contributed by atoms with Crippen molar-refractivity contribution in [2.75, 3.05) is 18.4 Å². The molecule has 0 spiro atoms. The van der Waals surface area contributed by atoms with Crippen LogP contribution in [0.1, 0.15) is 12.8 Å². The highest BCUT2D eigenvalue weighted by Gasteiger charge is 2.26. The maximum Gasteiger partial charge on any atom is 0.321 e. The normalized spacial score (nSPS) is 15.3. The highest BCUT2D eigenvalue weighted by molar-refractivity contribution is 5.89. The lowest BCUT2D eigenvalue weighted by molar-refractivity contribution is -0.143. The Balaban J connectivity index is 1.87. The van der Waals surface area contributed by atoms with Crippen molar-refractivity contribution < 1.29 is 19.4 Å². The van der Waals surface area contributed by atoms with Gasteiger partial charge in [-0.15, -0.1) is 0 Å². The summed E-state index contributed by atoms with van der Waals surface area (Å²) in [6.07, 6.45) is 2.32. The molecule has 0 aliphatic carbocycles. The van der Waals surface area contributed by atoms with Crippen LogP contribution in [0.15, 0.2) is 37.1 Å². The highest BCUT2D eigenvalue weighted by Crippen LogP contribution is 2.19. The van der Waals surface area contributed by atoms with Crippen molar-refractivity contribution >= 4 is 17.7 Å². The minimum absolute atomic E-state index is 0.212. The standard InChI is InChI=1S/C15H18N2O4/c1-2-21-13-5-3-12(4-6-13)16-15(20)17-9-7-11(8-10-17)14(18)19/h2-6,11H,1,7-10H2,(H,16,20)(H,18,19). The molecule has 1 aliphatic heterocycles. The second-order valence-electron chi connectivity index (χ2n) is 4.84. The van der Waals surface area contributed by atoms with Gasteiger partial charge in [0.15, 0.2) is 0 Å². The lowest BCUT2D eigenvalue weighted by atomic mass is 9.97. The third-order valence-corrected chi connectivity index (χ3v) is 3.46. The van der Waals surface area contributed by atoms with E-state index in [9.17, 15) is 9.59 Å². The molecule has 1 aromatic rings. The fraction of sp³-hybridized carbons (Fsp3) is 0.333. The Morgan fingerprint density at radius 1 is 1.29 bits per heavy atom. The summed E-state index contributed by atoms with van der Waals surface area (Å²) in [6, 6.07) is 6.72. The topological polar surface area (TPSA) is 78.9 Å². The minimum atomic E-state index is -0.784. The SMILES string of the molecule is C=COc1ccc(NC(=O)N2CCC(C(=O)O)CC2)cc1. The van der Waals surface area contributed by atoms with Crippen LogP contribution in [0.3, 0.4) is 0 Å². The number of anilines is 1. The third kappa shape index (κ3) is 3.98. The quantitative estimate of drug-likeness (QED) is 0.835. The lowest BCUT2D eigenvalue weighted by Gasteiger charge is -2.30. The van der Waals surface area contributed by atoms with Gasteiger partial charge in [0.05, 0.1) is 12.2 Å². The monoisotopic (exact) mass is 290 g/mol. The zero-order valence-corrected chi connectivity index (χ0v) is 11.6. The molecule has 0 aromatic heterocycles. The Hall–Kier alpha value is -2.50. The number of urea groups is 1. The zero-order valence-electron chi connectivity index (χ0n) is 11.6. The number of likely N-dealkylation sites (tertiary alicyclic amines) is 1. The molecule has 0 unspecified atom stereocenters. The Labute approximate surface area is 123 Å². The van der Waals surface area contributed by atoms with E-state index < -0.39 is 5.97 Å². The lowest BCUT2D eigenvalue weighted by Crippen LogP contribution is -2.42. The van der Waals surface area contributed by atoms with E-state index in [1.54, 1.807) is 29.2 Å². The summed E-state index contributed by atoms with van der Waals surface area (Å²) in [5.74, 6) is -0.484. The molecule has 1 aliphatic rings. The summed E-state index contributed by atoms with van der Waals surface area (Å²) in [7, 11) is 0. The summed E-state index contributed by atoms with van der Waals surface area (Å²) in [5, 5.41) is 11.7. The van der Waals surface area contributed by atoms with E-state index in [4.69, 9.17) is 9.84 Å². The van der Waals surface area contributed by atoms with E-state index in [2.05, 4.69) is 11.9 Å². The van der Waals surface area contributed by atoms with Gasteiger partial charge in [-0.3, -0.25) is 4.79 Å². The van der Waals surface area contributed by atoms with Crippen LogP contribution in [0.2, 0.25) is 0 Å². The summed E-state index contributed by atoms with van der Waals surface area (Å²) >= 11 is 0. The van der Waals surface area contributed by atoms with Crippen molar-refractivity contribution in [2.24, 2.45) is 5.92 Å². The number of piperidine rings is 1. The number of aliphatic carboxylic acids is 1. The molecular formula is C15H18N2O4. The predicted molar refractivity (Wildman–Crippen MR) is 78.2 cm³/mol. The molecule has 2 N–H and O–H groups in total. The second-order valence-corrected chi connectivity index (χ2v) is 4.84. The Morgan fingerprint density at radius 3 is 2.43 bits per heavy atom. The Morgan fingerprint density at radius 2 is 1.90 bits per heavy atom. The summed E-state index contributed by atoms with van der Waals surface area (Å²) in [5.41, 5.74) is 0.664. The van der Waals surface area contributed by atoms with Crippen LogP contribution < -0.4 is 10.1 Å². The molecule has 0 atom stereocenters. The van der Waals surface area contributed by atoms with Gasteiger partial charge >= 0.3 is 12.0 Å². The fourth-order valence-corrected chi connectivity index (χ4v) is 2.25. The van der Waals surface area contributed by atoms with Crippen molar-refractivity contribution in [2.45, 2.75) is 12.8 Å². The summed E-state index contributed by atoms with van der Waals surface area (Å²) < 4.78 is 5.10. The highest BCUT2D eigenvalue weighted by atomic mass is 16.5. The molecule has 6 nitrogen and oxygen atoms in total. The molecule has 6 heteroatoms. The number of carbonyl (C=O) groups excluding carboxylic acids is 1. The Kier molecular flexibility index (Phi) is 4.81. The molecule has 1 aromatic carbocycles. The molecule has 21 heavy (non-hydrogen) atoms. The molecule has 2 rings (SSSR count). The Bertz CT molecular complexity index is 519. The van der Waals surface area contributed by atoms with Crippen LogP contribution >= 0.6 is 0 Å². The van der Waals surface area contributed by atoms with Gasteiger partial charge in [-0.25, -0.2) is 4.79 Å². The molecule has 1 heterocycles. The first kappa shape index (κ1) is 14.9. The van der Waals surface area contributed by atoms with Gasteiger partial charge in [0.1, 0.15) is 5.75 Å². The van der Waals surface area contributed by atoms with Gasteiger partial charge in [-0.1, -0.05) is 6.58 Å². The van der Waals surface area contributed by atoms with Crippen molar-refractivity contribution in [3.63, 3.8) is 0 Å².